The van der Waals surface area contributed by atoms with Crippen LogP contribution in [0.15, 0.2) is 12.3 Å². The summed E-state index contributed by atoms with van der Waals surface area (Å²) in [7, 11) is 0. The van der Waals surface area contributed by atoms with Gasteiger partial charge in [0, 0.05) is 25.4 Å². The van der Waals surface area contributed by atoms with Gasteiger partial charge in [-0.05, 0) is 58.1 Å². The van der Waals surface area contributed by atoms with Crippen molar-refractivity contribution in [3.05, 3.63) is 18.0 Å². The first-order chi connectivity index (χ1) is 9.78. The standard InChI is InChI=1S/C16H29N3O/c1-4-8-17-15(16-7-9-18-19(16)5-2)12-13-10-14(11-13)20-6-3/h7,9,13-15,17H,4-6,8,10-12H2,1-3H3. The molecule has 4 nitrogen and oxygen atoms in total. The quantitative estimate of drug-likeness (QED) is 0.755. The van der Waals surface area contributed by atoms with Crippen molar-refractivity contribution in [3.63, 3.8) is 0 Å². The van der Waals surface area contributed by atoms with Gasteiger partial charge in [0.2, 0.25) is 0 Å². The zero-order valence-corrected chi connectivity index (χ0v) is 13.1. The monoisotopic (exact) mass is 279 g/mol. The Kier molecular flexibility index (Phi) is 6.05. The number of aryl methyl sites for hydroxylation is 1. The third-order valence-corrected chi connectivity index (χ3v) is 4.21. The number of ether oxygens (including phenoxy) is 1. The molecule has 1 atom stereocenters. The van der Waals surface area contributed by atoms with E-state index in [0.717, 1.165) is 25.6 Å². The molecule has 1 saturated carbocycles. The third-order valence-electron chi connectivity index (χ3n) is 4.21. The number of aromatic nitrogens is 2. The molecular weight excluding hydrogens is 250 g/mol. The lowest BCUT2D eigenvalue weighted by Gasteiger charge is -2.37. The van der Waals surface area contributed by atoms with E-state index in [9.17, 15) is 0 Å². The molecule has 1 aromatic heterocycles. The van der Waals surface area contributed by atoms with E-state index in [4.69, 9.17) is 4.74 Å². The number of hydrogen-bond donors (Lipinski definition) is 1. The first kappa shape index (κ1) is 15.5. The van der Waals surface area contributed by atoms with Gasteiger partial charge in [0.1, 0.15) is 0 Å². The highest BCUT2D eigenvalue weighted by atomic mass is 16.5. The van der Waals surface area contributed by atoms with E-state index in [-0.39, 0.29) is 0 Å². The molecule has 20 heavy (non-hydrogen) atoms. The summed E-state index contributed by atoms with van der Waals surface area (Å²) in [5.41, 5.74) is 1.33. The Morgan fingerprint density at radius 3 is 2.85 bits per heavy atom. The van der Waals surface area contributed by atoms with Crippen LogP contribution < -0.4 is 5.32 Å². The maximum atomic E-state index is 5.67. The topological polar surface area (TPSA) is 39.1 Å². The summed E-state index contributed by atoms with van der Waals surface area (Å²) in [6.07, 6.45) is 7.24. The third kappa shape index (κ3) is 3.83. The zero-order chi connectivity index (χ0) is 14.4. The van der Waals surface area contributed by atoms with Gasteiger partial charge in [0.15, 0.2) is 0 Å². The van der Waals surface area contributed by atoms with Crippen LogP contribution in [0.1, 0.15) is 58.2 Å². The molecule has 1 unspecified atom stereocenters. The Morgan fingerprint density at radius 1 is 1.40 bits per heavy atom. The van der Waals surface area contributed by atoms with Gasteiger partial charge in [-0.3, -0.25) is 4.68 Å². The van der Waals surface area contributed by atoms with Crippen molar-refractivity contribution < 1.29 is 4.74 Å². The minimum atomic E-state index is 0.435. The summed E-state index contributed by atoms with van der Waals surface area (Å²) in [6.45, 7) is 9.31. The number of nitrogens with one attached hydrogen (secondary N) is 1. The van der Waals surface area contributed by atoms with Crippen molar-refractivity contribution in [3.8, 4) is 0 Å². The SMILES string of the molecule is CCCNC(CC1CC(OCC)C1)c1ccnn1CC. The Balaban J connectivity index is 1.91. The predicted octanol–water partition coefficient (Wildman–Crippen LogP) is 3.15. The maximum absolute atomic E-state index is 5.67. The van der Waals surface area contributed by atoms with E-state index in [0.29, 0.717) is 12.1 Å². The molecule has 0 saturated heterocycles. The fourth-order valence-electron chi connectivity index (χ4n) is 3.10. The molecule has 4 heteroatoms. The van der Waals surface area contributed by atoms with E-state index < -0.39 is 0 Å². The number of nitrogens with zero attached hydrogens (tertiary/aromatic N) is 2. The van der Waals surface area contributed by atoms with Gasteiger partial charge in [-0.1, -0.05) is 6.92 Å². The molecule has 1 aliphatic carbocycles. The molecule has 0 aromatic carbocycles. The molecule has 1 aromatic rings. The molecule has 1 heterocycles. The van der Waals surface area contributed by atoms with Gasteiger partial charge in [0.05, 0.1) is 11.8 Å². The van der Waals surface area contributed by atoms with Crippen molar-refractivity contribution in [2.75, 3.05) is 13.2 Å². The molecule has 1 fully saturated rings. The minimum Gasteiger partial charge on any atom is -0.378 e. The van der Waals surface area contributed by atoms with Crippen LogP contribution in [0, 0.1) is 5.92 Å². The van der Waals surface area contributed by atoms with Crippen LogP contribution in [0.3, 0.4) is 0 Å². The first-order valence-corrected chi connectivity index (χ1v) is 8.15. The highest BCUT2D eigenvalue weighted by molar-refractivity contribution is 5.08. The van der Waals surface area contributed by atoms with Gasteiger partial charge in [0.25, 0.3) is 0 Å². The average molecular weight is 279 g/mol. The normalized spacial score (nSPS) is 23.6. The molecule has 1 aliphatic rings. The van der Waals surface area contributed by atoms with Crippen molar-refractivity contribution in [2.24, 2.45) is 5.92 Å². The molecular formula is C16H29N3O. The zero-order valence-electron chi connectivity index (χ0n) is 13.1. The lowest BCUT2D eigenvalue weighted by molar-refractivity contribution is -0.0293. The molecule has 0 radical (unpaired) electrons. The van der Waals surface area contributed by atoms with Crippen LogP contribution in [-0.4, -0.2) is 29.0 Å². The summed E-state index contributed by atoms with van der Waals surface area (Å²) < 4.78 is 7.79. The Morgan fingerprint density at radius 2 is 2.20 bits per heavy atom. The van der Waals surface area contributed by atoms with Gasteiger partial charge in [-0.25, -0.2) is 0 Å². The van der Waals surface area contributed by atoms with E-state index in [1.54, 1.807) is 0 Å². The minimum absolute atomic E-state index is 0.435. The second-order valence-corrected chi connectivity index (χ2v) is 5.73. The van der Waals surface area contributed by atoms with Crippen LogP contribution in [0.5, 0.6) is 0 Å². The Bertz CT molecular complexity index is 385. The van der Waals surface area contributed by atoms with Crippen LogP contribution in [0.2, 0.25) is 0 Å². The van der Waals surface area contributed by atoms with Gasteiger partial charge < -0.3 is 10.1 Å². The van der Waals surface area contributed by atoms with Crippen LogP contribution in [0.25, 0.3) is 0 Å². The summed E-state index contributed by atoms with van der Waals surface area (Å²) in [5.74, 6) is 0.793. The van der Waals surface area contributed by atoms with Crippen molar-refractivity contribution in [1.29, 1.82) is 0 Å². The lowest BCUT2D eigenvalue weighted by atomic mass is 9.77. The second kappa shape index (κ2) is 7.79. The van der Waals surface area contributed by atoms with Gasteiger partial charge in [-0.2, -0.15) is 5.10 Å². The van der Waals surface area contributed by atoms with Crippen molar-refractivity contribution in [1.82, 2.24) is 15.1 Å². The predicted molar refractivity (Wildman–Crippen MR) is 81.7 cm³/mol. The Hall–Kier alpha value is -0.870. The summed E-state index contributed by atoms with van der Waals surface area (Å²) in [5, 5.41) is 8.10. The molecule has 0 amide bonds. The van der Waals surface area contributed by atoms with Crippen LogP contribution >= 0.6 is 0 Å². The molecule has 114 valence electrons. The molecule has 1 N–H and O–H groups in total. The molecule has 0 aliphatic heterocycles. The highest BCUT2D eigenvalue weighted by Crippen LogP contribution is 2.36. The molecule has 2 rings (SSSR count). The second-order valence-electron chi connectivity index (χ2n) is 5.73. The largest absolute Gasteiger partial charge is 0.378 e. The fraction of sp³-hybridized carbons (Fsp3) is 0.812. The van der Waals surface area contributed by atoms with Gasteiger partial charge in [-0.15, -0.1) is 0 Å². The van der Waals surface area contributed by atoms with E-state index in [1.165, 1.54) is 31.4 Å². The lowest BCUT2D eigenvalue weighted by Crippen LogP contribution is -2.35. The Labute approximate surface area is 122 Å². The highest BCUT2D eigenvalue weighted by Gasteiger charge is 2.32. The van der Waals surface area contributed by atoms with Crippen LogP contribution in [-0.2, 0) is 11.3 Å². The fourth-order valence-corrected chi connectivity index (χ4v) is 3.10. The van der Waals surface area contributed by atoms with E-state index in [2.05, 4.69) is 41.9 Å². The average Bonchev–Trinajstić information content (AvgIpc) is 2.88. The van der Waals surface area contributed by atoms with Gasteiger partial charge >= 0.3 is 0 Å². The number of hydrogen-bond acceptors (Lipinski definition) is 3. The van der Waals surface area contributed by atoms with Crippen molar-refractivity contribution >= 4 is 0 Å². The summed E-state index contributed by atoms with van der Waals surface area (Å²) in [4.78, 5) is 0. The van der Waals surface area contributed by atoms with Crippen LogP contribution in [0.4, 0.5) is 0 Å². The molecule has 0 bridgehead atoms. The first-order valence-electron chi connectivity index (χ1n) is 8.15. The van der Waals surface area contributed by atoms with Crippen molar-refractivity contribution in [2.45, 2.75) is 65.1 Å². The summed E-state index contributed by atoms with van der Waals surface area (Å²) >= 11 is 0. The molecule has 0 spiro atoms. The number of rotatable bonds is 9. The van der Waals surface area contributed by atoms with E-state index in [1.807, 2.05) is 6.20 Å². The van der Waals surface area contributed by atoms with E-state index >= 15 is 0 Å². The smallest absolute Gasteiger partial charge is 0.0580 e. The summed E-state index contributed by atoms with van der Waals surface area (Å²) in [6, 6.07) is 2.60. The maximum Gasteiger partial charge on any atom is 0.0580 e.